The molecule has 0 aliphatic heterocycles. The first kappa shape index (κ1) is 8.84. The lowest BCUT2D eigenvalue weighted by Crippen LogP contribution is -2.34. The highest BCUT2D eigenvalue weighted by Gasteiger charge is 2.45. The molecule has 70 valence electrons. The maximum atomic E-state index is 11.5. The van der Waals surface area contributed by atoms with Crippen LogP contribution in [0.4, 0.5) is 0 Å². The Hall–Kier alpha value is -0.740. The summed E-state index contributed by atoms with van der Waals surface area (Å²) in [7, 11) is 0. The molecule has 4 heteroatoms. The van der Waals surface area contributed by atoms with E-state index in [1.165, 1.54) is 0 Å². The number of carbonyl (C=O) groups excluding carboxylic acids is 1. The zero-order valence-corrected chi connectivity index (χ0v) is 8.36. The highest BCUT2D eigenvalue weighted by molar-refractivity contribution is 7.09. The zero-order valence-electron chi connectivity index (χ0n) is 7.54. The van der Waals surface area contributed by atoms with Gasteiger partial charge in [-0.2, -0.15) is 0 Å². The lowest BCUT2D eigenvalue weighted by molar-refractivity contribution is -0.120. The number of aromatic nitrogens is 1. The summed E-state index contributed by atoms with van der Waals surface area (Å²) in [5, 5.41) is 2.93. The van der Waals surface area contributed by atoms with Crippen LogP contribution < -0.4 is 5.73 Å². The second-order valence-electron chi connectivity index (χ2n) is 3.61. The maximum absolute atomic E-state index is 11.5. The van der Waals surface area contributed by atoms with Crippen LogP contribution in [0, 0.1) is 6.92 Å². The molecule has 0 bridgehead atoms. The molecule has 3 nitrogen and oxygen atoms in total. The lowest BCUT2D eigenvalue weighted by Gasteiger charge is -2.04. The highest BCUT2D eigenvalue weighted by Crippen LogP contribution is 2.34. The molecule has 0 unspecified atom stereocenters. The molecule has 0 saturated heterocycles. The third kappa shape index (κ3) is 1.78. The normalized spacial score (nSPS) is 18.6. The summed E-state index contributed by atoms with van der Waals surface area (Å²) < 4.78 is 0. The van der Waals surface area contributed by atoms with E-state index in [4.69, 9.17) is 5.73 Å². The molecule has 0 aromatic carbocycles. The van der Waals surface area contributed by atoms with Gasteiger partial charge in [0.25, 0.3) is 0 Å². The van der Waals surface area contributed by atoms with Crippen LogP contribution in [0.1, 0.15) is 23.5 Å². The van der Waals surface area contributed by atoms with E-state index in [2.05, 4.69) is 4.98 Å². The van der Waals surface area contributed by atoms with Crippen molar-refractivity contribution in [2.75, 3.05) is 0 Å². The minimum absolute atomic E-state index is 0.137. The molecule has 0 radical (unpaired) electrons. The lowest BCUT2D eigenvalue weighted by atomic mass is 10.1. The molecule has 1 aliphatic rings. The van der Waals surface area contributed by atoms with Gasteiger partial charge in [0.15, 0.2) is 5.78 Å². The van der Waals surface area contributed by atoms with Crippen LogP contribution in [0.5, 0.6) is 0 Å². The van der Waals surface area contributed by atoms with Gasteiger partial charge in [-0.15, -0.1) is 11.3 Å². The maximum Gasteiger partial charge on any atom is 0.158 e. The number of aryl methyl sites for hydroxylation is 1. The van der Waals surface area contributed by atoms with E-state index in [0.717, 1.165) is 23.5 Å². The third-order valence-corrected chi connectivity index (χ3v) is 3.17. The summed E-state index contributed by atoms with van der Waals surface area (Å²) in [4.78, 5) is 15.8. The minimum atomic E-state index is -0.502. The van der Waals surface area contributed by atoms with Crippen molar-refractivity contribution in [2.45, 2.75) is 31.7 Å². The number of hydrogen-bond acceptors (Lipinski definition) is 4. The summed E-state index contributed by atoms with van der Waals surface area (Å²) >= 11 is 1.57. The Bertz CT molecular complexity index is 341. The Balaban J connectivity index is 2.02. The second kappa shape index (κ2) is 2.89. The molecule has 0 amide bonds. The van der Waals surface area contributed by atoms with Crippen LogP contribution in [0.15, 0.2) is 5.38 Å². The molecule has 0 spiro atoms. The van der Waals surface area contributed by atoms with Crippen molar-refractivity contribution in [3.8, 4) is 0 Å². The molecule has 1 saturated carbocycles. The summed E-state index contributed by atoms with van der Waals surface area (Å²) in [6, 6.07) is 0. The Kier molecular flexibility index (Phi) is 1.96. The van der Waals surface area contributed by atoms with Gasteiger partial charge in [0, 0.05) is 5.38 Å². The first-order valence-electron chi connectivity index (χ1n) is 4.33. The average molecular weight is 196 g/mol. The van der Waals surface area contributed by atoms with E-state index < -0.39 is 5.54 Å². The zero-order chi connectivity index (χ0) is 9.47. The highest BCUT2D eigenvalue weighted by atomic mass is 32.1. The quantitative estimate of drug-likeness (QED) is 0.786. The van der Waals surface area contributed by atoms with Crippen molar-refractivity contribution in [2.24, 2.45) is 5.73 Å². The van der Waals surface area contributed by atoms with Gasteiger partial charge in [0.1, 0.15) is 0 Å². The van der Waals surface area contributed by atoms with Gasteiger partial charge in [-0.1, -0.05) is 0 Å². The number of carbonyl (C=O) groups is 1. The molecule has 2 N–H and O–H groups in total. The van der Waals surface area contributed by atoms with Crippen molar-refractivity contribution < 1.29 is 4.79 Å². The standard InChI is InChI=1S/C9H12N2OS/c1-6-11-7(5-13-6)4-8(12)9(10)2-3-9/h5H,2-4,10H2,1H3. The van der Waals surface area contributed by atoms with Crippen molar-refractivity contribution in [1.29, 1.82) is 0 Å². The van der Waals surface area contributed by atoms with Crippen LogP contribution in [0.25, 0.3) is 0 Å². The van der Waals surface area contributed by atoms with E-state index in [0.29, 0.717) is 6.42 Å². The number of rotatable bonds is 3. The van der Waals surface area contributed by atoms with Crippen LogP contribution >= 0.6 is 11.3 Å². The minimum Gasteiger partial charge on any atom is -0.319 e. The first-order chi connectivity index (χ1) is 6.10. The Morgan fingerprint density at radius 3 is 2.92 bits per heavy atom. The molecule has 1 heterocycles. The topological polar surface area (TPSA) is 56.0 Å². The Morgan fingerprint density at radius 2 is 2.46 bits per heavy atom. The summed E-state index contributed by atoms with van der Waals surface area (Å²) in [6.07, 6.45) is 2.09. The van der Waals surface area contributed by atoms with Gasteiger partial charge in [0.05, 0.1) is 22.7 Å². The van der Waals surface area contributed by atoms with Crippen molar-refractivity contribution in [1.82, 2.24) is 4.98 Å². The Labute approximate surface area is 81.0 Å². The predicted octanol–water partition coefficient (Wildman–Crippen LogP) is 1.05. The van der Waals surface area contributed by atoms with Crippen LogP contribution in [-0.2, 0) is 11.2 Å². The van der Waals surface area contributed by atoms with Gasteiger partial charge >= 0.3 is 0 Å². The van der Waals surface area contributed by atoms with E-state index in [-0.39, 0.29) is 5.78 Å². The van der Waals surface area contributed by atoms with Gasteiger partial charge in [-0.25, -0.2) is 4.98 Å². The monoisotopic (exact) mass is 196 g/mol. The van der Waals surface area contributed by atoms with Crippen LogP contribution in [-0.4, -0.2) is 16.3 Å². The SMILES string of the molecule is Cc1nc(CC(=O)C2(N)CC2)cs1. The van der Waals surface area contributed by atoms with Crippen LogP contribution in [0.2, 0.25) is 0 Å². The molecular weight excluding hydrogens is 184 g/mol. The molecule has 1 aromatic rings. The third-order valence-electron chi connectivity index (χ3n) is 2.35. The summed E-state index contributed by atoms with van der Waals surface area (Å²) in [5.41, 5.74) is 6.13. The molecular formula is C9H12N2OS. The number of nitrogens with two attached hydrogens (primary N) is 1. The van der Waals surface area contributed by atoms with Gasteiger partial charge < -0.3 is 5.73 Å². The number of nitrogens with zero attached hydrogens (tertiary/aromatic N) is 1. The average Bonchev–Trinajstić information content (AvgIpc) is 2.69. The number of hydrogen-bond donors (Lipinski definition) is 1. The van der Waals surface area contributed by atoms with E-state index in [1.807, 2.05) is 12.3 Å². The fraction of sp³-hybridized carbons (Fsp3) is 0.556. The Morgan fingerprint density at radius 1 is 1.77 bits per heavy atom. The van der Waals surface area contributed by atoms with Crippen LogP contribution in [0.3, 0.4) is 0 Å². The fourth-order valence-corrected chi connectivity index (χ4v) is 1.86. The number of thiazole rings is 1. The largest absolute Gasteiger partial charge is 0.319 e. The number of Topliss-reactive ketones (excluding diaryl/α,β-unsaturated/α-hetero) is 1. The molecule has 1 fully saturated rings. The van der Waals surface area contributed by atoms with Gasteiger partial charge in [-0.05, 0) is 19.8 Å². The van der Waals surface area contributed by atoms with Gasteiger partial charge in [0.2, 0.25) is 0 Å². The number of ketones is 1. The first-order valence-corrected chi connectivity index (χ1v) is 5.21. The second-order valence-corrected chi connectivity index (χ2v) is 4.68. The molecule has 2 rings (SSSR count). The summed E-state index contributed by atoms with van der Waals surface area (Å²) in [6.45, 7) is 1.94. The van der Waals surface area contributed by atoms with Gasteiger partial charge in [-0.3, -0.25) is 4.79 Å². The van der Waals surface area contributed by atoms with Crippen molar-refractivity contribution in [3.05, 3.63) is 16.1 Å². The van der Waals surface area contributed by atoms with Crippen molar-refractivity contribution in [3.63, 3.8) is 0 Å². The molecule has 13 heavy (non-hydrogen) atoms. The smallest absolute Gasteiger partial charge is 0.158 e. The van der Waals surface area contributed by atoms with E-state index in [1.54, 1.807) is 11.3 Å². The molecule has 0 atom stereocenters. The van der Waals surface area contributed by atoms with Crippen molar-refractivity contribution >= 4 is 17.1 Å². The van der Waals surface area contributed by atoms with E-state index in [9.17, 15) is 4.79 Å². The molecule has 1 aromatic heterocycles. The predicted molar refractivity (Wildman–Crippen MR) is 51.7 cm³/mol. The molecule has 1 aliphatic carbocycles. The summed E-state index contributed by atoms with van der Waals surface area (Å²) in [5.74, 6) is 0.137. The fourth-order valence-electron chi connectivity index (χ4n) is 1.24. The van der Waals surface area contributed by atoms with E-state index >= 15 is 0 Å².